The molecule has 1 amide bonds. The Kier molecular flexibility index (Phi) is 3.85. The van der Waals surface area contributed by atoms with E-state index in [0.29, 0.717) is 5.92 Å². The Balaban J connectivity index is 0.00000192. The van der Waals surface area contributed by atoms with Crippen molar-refractivity contribution in [1.29, 1.82) is 0 Å². The van der Waals surface area contributed by atoms with Crippen LogP contribution in [0, 0.1) is 0 Å². The Morgan fingerprint density at radius 1 is 1.11 bits per heavy atom. The smallest absolute Gasteiger partial charge is 0.254 e. The Labute approximate surface area is 162 Å². The first kappa shape index (κ1) is 16.6. The van der Waals surface area contributed by atoms with Crippen LogP contribution in [-0.2, 0) is 10.2 Å². The summed E-state index contributed by atoms with van der Waals surface area (Å²) in [5, 5.41) is 0. The maximum absolute atomic E-state index is 13.3. The van der Waals surface area contributed by atoms with Gasteiger partial charge in [-0.3, -0.25) is 4.79 Å². The van der Waals surface area contributed by atoms with Gasteiger partial charge in [0, 0.05) is 31.1 Å². The quantitative estimate of drug-likeness (QED) is 0.732. The van der Waals surface area contributed by atoms with Crippen LogP contribution in [0.2, 0.25) is 0 Å². The largest absolute Gasteiger partial charge is 0.492 e. The van der Waals surface area contributed by atoms with Crippen molar-refractivity contribution in [3.63, 3.8) is 0 Å². The second kappa shape index (κ2) is 6.26. The van der Waals surface area contributed by atoms with Crippen molar-refractivity contribution in [2.24, 2.45) is 0 Å². The predicted octanol–water partition coefficient (Wildman–Crippen LogP) is 4.78. The number of benzene rings is 2. The lowest BCUT2D eigenvalue weighted by atomic mass is 9.74. The highest BCUT2D eigenvalue weighted by Gasteiger charge is 2.44. The zero-order valence-electron chi connectivity index (χ0n) is 15.8. The second-order valence-electron chi connectivity index (χ2n) is 8.20. The fraction of sp³-hybridized carbons (Fsp3) is 0.375. The number of carbonyl (C=O) groups excluding carboxylic acids is 1. The number of para-hydroxylation sites is 1. The van der Waals surface area contributed by atoms with Crippen LogP contribution in [-0.4, -0.2) is 30.5 Å². The summed E-state index contributed by atoms with van der Waals surface area (Å²) in [5.74, 6) is 1.70. The molecular formula is C24H27NO2. The van der Waals surface area contributed by atoms with Gasteiger partial charge in [0.1, 0.15) is 5.75 Å². The fourth-order valence-corrected chi connectivity index (χ4v) is 4.95. The van der Waals surface area contributed by atoms with E-state index in [1.54, 1.807) is 0 Å². The molecule has 3 aliphatic rings. The minimum absolute atomic E-state index is 0. The Bertz CT molecular complexity index is 928. The third-order valence-corrected chi connectivity index (χ3v) is 6.66. The molecule has 2 aromatic carbocycles. The van der Waals surface area contributed by atoms with Crippen LogP contribution in [0.3, 0.4) is 0 Å². The van der Waals surface area contributed by atoms with Crippen molar-refractivity contribution in [1.82, 2.24) is 4.90 Å². The lowest BCUT2D eigenvalue weighted by Crippen LogP contribution is -2.46. The number of ether oxygens (including phenoxy) is 1. The van der Waals surface area contributed by atoms with Gasteiger partial charge in [0.05, 0.1) is 6.61 Å². The molecule has 5 rings (SSSR count). The first-order chi connectivity index (χ1) is 13.2. The highest BCUT2D eigenvalue weighted by molar-refractivity contribution is 6.20. The first-order valence-electron chi connectivity index (χ1n) is 9.99. The van der Waals surface area contributed by atoms with Gasteiger partial charge in [-0.1, -0.05) is 55.5 Å². The molecule has 2 aromatic rings. The molecule has 0 N–H and O–H groups in total. The van der Waals surface area contributed by atoms with Gasteiger partial charge in [-0.15, -0.1) is 0 Å². The maximum atomic E-state index is 13.3. The summed E-state index contributed by atoms with van der Waals surface area (Å²) in [6.45, 7) is 4.58. The SMILES string of the molecule is CC1CC=C(C(=O)N2CCC3(CC2)COc2ccccc23)c2ccccc21.[HH]. The number of hydrogen-bond donors (Lipinski definition) is 0. The van der Waals surface area contributed by atoms with Crippen LogP contribution in [0.15, 0.2) is 54.6 Å². The summed E-state index contributed by atoms with van der Waals surface area (Å²) in [4.78, 5) is 15.3. The van der Waals surface area contributed by atoms with E-state index in [9.17, 15) is 4.79 Å². The number of piperidine rings is 1. The van der Waals surface area contributed by atoms with E-state index in [-0.39, 0.29) is 12.7 Å². The molecule has 27 heavy (non-hydrogen) atoms. The van der Waals surface area contributed by atoms with E-state index in [4.69, 9.17) is 4.74 Å². The summed E-state index contributed by atoms with van der Waals surface area (Å²) in [6.07, 6.45) is 5.03. The van der Waals surface area contributed by atoms with E-state index in [1.807, 2.05) is 17.0 Å². The molecule has 1 spiro atoms. The van der Waals surface area contributed by atoms with Crippen LogP contribution in [0.5, 0.6) is 5.75 Å². The molecule has 2 aliphatic heterocycles. The lowest BCUT2D eigenvalue weighted by molar-refractivity contribution is -0.126. The summed E-state index contributed by atoms with van der Waals surface area (Å²) < 4.78 is 5.95. The molecule has 0 radical (unpaired) electrons. The molecule has 140 valence electrons. The van der Waals surface area contributed by atoms with Gasteiger partial charge in [-0.25, -0.2) is 0 Å². The normalized spacial score (nSPS) is 22.6. The summed E-state index contributed by atoms with van der Waals surface area (Å²) >= 11 is 0. The number of amides is 1. The van der Waals surface area contributed by atoms with Gasteiger partial charge < -0.3 is 9.64 Å². The van der Waals surface area contributed by atoms with Crippen LogP contribution in [0.4, 0.5) is 0 Å². The van der Waals surface area contributed by atoms with E-state index in [0.717, 1.165) is 55.8 Å². The first-order valence-corrected chi connectivity index (χ1v) is 9.99. The molecule has 3 heteroatoms. The van der Waals surface area contributed by atoms with Crippen molar-refractivity contribution in [2.45, 2.75) is 37.5 Å². The molecule has 1 saturated heterocycles. The topological polar surface area (TPSA) is 29.5 Å². The van der Waals surface area contributed by atoms with Crippen molar-refractivity contribution in [3.05, 3.63) is 71.3 Å². The number of allylic oxidation sites excluding steroid dienone is 1. The van der Waals surface area contributed by atoms with E-state index >= 15 is 0 Å². The van der Waals surface area contributed by atoms with E-state index in [1.165, 1.54) is 11.1 Å². The molecule has 0 bridgehead atoms. The lowest BCUT2D eigenvalue weighted by Gasteiger charge is -2.39. The molecule has 3 nitrogen and oxygen atoms in total. The van der Waals surface area contributed by atoms with Gasteiger partial charge in [0.2, 0.25) is 0 Å². The average molecular weight is 361 g/mol. The van der Waals surface area contributed by atoms with E-state index < -0.39 is 0 Å². The highest BCUT2D eigenvalue weighted by atomic mass is 16.5. The number of fused-ring (bicyclic) bond motifs is 3. The van der Waals surface area contributed by atoms with Crippen LogP contribution in [0.1, 0.15) is 50.2 Å². The zero-order chi connectivity index (χ0) is 18.4. The highest BCUT2D eigenvalue weighted by Crippen LogP contribution is 2.45. The molecule has 0 saturated carbocycles. The summed E-state index contributed by atoms with van der Waals surface area (Å²) in [6, 6.07) is 16.8. The van der Waals surface area contributed by atoms with Gasteiger partial charge in [-0.05, 0) is 42.4 Å². The van der Waals surface area contributed by atoms with Crippen LogP contribution >= 0.6 is 0 Å². The maximum Gasteiger partial charge on any atom is 0.254 e. The summed E-state index contributed by atoms with van der Waals surface area (Å²) in [7, 11) is 0. The molecule has 2 heterocycles. The number of hydrogen-bond acceptors (Lipinski definition) is 2. The predicted molar refractivity (Wildman–Crippen MR) is 109 cm³/mol. The number of nitrogens with zero attached hydrogens (tertiary/aromatic N) is 1. The minimum Gasteiger partial charge on any atom is -0.492 e. The monoisotopic (exact) mass is 361 g/mol. The standard InChI is InChI=1S/C24H25NO2.H2/c1-17-10-11-20(19-7-3-2-6-18(17)19)23(26)25-14-12-24(13-15-25)16-27-22-9-5-4-8-21(22)24;/h2-9,11,17H,10,12-16H2,1H3;1H. The third-order valence-electron chi connectivity index (χ3n) is 6.66. The number of rotatable bonds is 1. The van der Waals surface area contributed by atoms with Crippen LogP contribution in [0.25, 0.3) is 5.57 Å². The van der Waals surface area contributed by atoms with Gasteiger partial charge in [0.15, 0.2) is 0 Å². The van der Waals surface area contributed by atoms with Gasteiger partial charge in [-0.2, -0.15) is 0 Å². The molecule has 1 atom stereocenters. The van der Waals surface area contributed by atoms with Crippen molar-refractivity contribution >= 4 is 11.5 Å². The average Bonchev–Trinajstić information content (AvgIpc) is 3.07. The Morgan fingerprint density at radius 3 is 2.70 bits per heavy atom. The molecule has 0 aromatic heterocycles. The Hall–Kier alpha value is -2.55. The summed E-state index contributed by atoms with van der Waals surface area (Å²) in [5.41, 5.74) is 4.72. The minimum atomic E-state index is 0. The van der Waals surface area contributed by atoms with Gasteiger partial charge in [0.25, 0.3) is 5.91 Å². The molecular weight excluding hydrogens is 334 g/mol. The van der Waals surface area contributed by atoms with Gasteiger partial charge >= 0.3 is 0 Å². The molecule has 1 fully saturated rings. The van der Waals surface area contributed by atoms with Crippen molar-refractivity contribution < 1.29 is 11.0 Å². The molecule has 1 aliphatic carbocycles. The van der Waals surface area contributed by atoms with E-state index in [2.05, 4.69) is 49.4 Å². The fourth-order valence-electron chi connectivity index (χ4n) is 4.95. The van der Waals surface area contributed by atoms with Crippen molar-refractivity contribution in [2.75, 3.05) is 19.7 Å². The Morgan fingerprint density at radius 2 is 1.85 bits per heavy atom. The second-order valence-corrected chi connectivity index (χ2v) is 8.20. The zero-order valence-corrected chi connectivity index (χ0v) is 15.8. The number of carbonyl (C=O) groups is 1. The third kappa shape index (κ3) is 2.60. The number of likely N-dealkylation sites (tertiary alicyclic amines) is 1. The van der Waals surface area contributed by atoms with Crippen molar-refractivity contribution in [3.8, 4) is 5.75 Å². The molecule has 1 unspecified atom stereocenters. The van der Waals surface area contributed by atoms with Crippen LogP contribution < -0.4 is 4.74 Å².